The summed E-state index contributed by atoms with van der Waals surface area (Å²) in [6.07, 6.45) is 2.27. The molecule has 4 nitrogen and oxygen atoms in total. The quantitative estimate of drug-likeness (QED) is 0.502. The molecule has 0 atom stereocenters. The van der Waals surface area contributed by atoms with Crippen molar-refractivity contribution in [3.8, 4) is 11.3 Å². The number of nitrogens with zero attached hydrogens (tertiary/aromatic N) is 1. The lowest BCUT2D eigenvalue weighted by molar-refractivity contribution is -0.120. The lowest BCUT2D eigenvalue weighted by Gasteiger charge is -2.04. The molecular formula is C20H21N3OS. The second-order valence-corrected chi connectivity index (χ2v) is 6.91. The van der Waals surface area contributed by atoms with Gasteiger partial charge >= 0.3 is 0 Å². The molecule has 0 aliphatic carbocycles. The molecule has 0 bridgehead atoms. The highest BCUT2D eigenvalue weighted by Gasteiger charge is 2.05. The van der Waals surface area contributed by atoms with Crippen molar-refractivity contribution in [3.05, 3.63) is 71.9 Å². The third-order valence-electron chi connectivity index (χ3n) is 3.79. The molecule has 5 heteroatoms. The number of imidazole rings is 1. The normalized spacial score (nSPS) is 10.6. The van der Waals surface area contributed by atoms with E-state index in [1.807, 2.05) is 36.5 Å². The van der Waals surface area contributed by atoms with Gasteiger partial charge in [-0.1, -0.05) is 71.9 Å². The zero-order valence-electron chi connectivity index (χ0n) is 14.2. The summed E-state index contributed by atoms with van der Waals surface area (Å²) in [5.41, 5.74) is 4.40. The Balaban J connectivity index is 1.42. The van der Waals surface area contributed by atoms with E-state index in [4.69, 9.17) is 0 Å². The number of carbonyl (C=O) groups is 1. The zero-order chi connectivity index (χ0) is 17.5. The summed E-state index contributed by atoms with van der Waals surface area (Å²) in [6.45, 7) is 2.70. The van der Waals surface area contributed by atoms with Crippen LogP contribution in [0, 0.1) is 6.92 Å². The second kappa shape index (κ2) is 8.53. The van der Waals surface area contributed by atoms with E-state index in [9.17, 15) is 4.79 Å². The number of rotatable bonds is 7. The summed E-state index contributed by atoms with van der Waals surface area (Å²) in [5.74, 6) is 0.827. The molecule has 2 aromatic carbocycles. The van der Waals surface area contributed by atoms with Crippen molar-refractivity contribution in [1.82, 2.24) is 15.3 Å². The van der Waals surface area contributed by atoms with Crippen molar-refractivity contribution in [2.75, 3.05) is 12.3 Å². The maximum atomic E-state index is 11.9. The largest absolute Gasteiger partial charge is 0.355 e. The summed E-state index contributed by atoms with van der Waals surface area (Å²) in [7, 11) is 0. The Morgan fingerprint density at radius 3 is 2.64 bits per heavy atom. The van der Waals surface area contributed by atoms with Gasteiger partial charge in [-0.3, -0.25) is 4.79 Å². The molecule has 2 N–H and O–H groups in total. The maximum absolute atomic E-state index is 11.9. The van der Waals surface area contributed by atoms with Crippen LogP contribution in [0.2, 0.25) is 0 Å². The molecule has 0 aliphatic heterocycles. The number of aryl methyl sites for hydroxylation is 1. The number of aromatic amines is 1. The summed E-state index contributed by atoms with van der Waals surface area (Å²) in [4.78, 5) is 19.6. The summed E-state index contributed by atoms with van der Waals surface area (Å²) in [6, 6.07) is 18.1. The first kappa shape index (κ1) is 17.3. The fraction of sp³-hybridized carbons (Fsp3) is 0.200. The molecule has 0 fully saturated rings. The van der Waals surface area contributed by atoms with Crippen molar-refractivity contribution < 1.29 is 4.79 Å². The minimum atomic E-state index is 0.0478. The summed E-state index contributed by atoms with van der Waals surface area (Å²) in [5, 5.41) is 3.81. The summed E-state index contributed by atoms with van der Waals surface area (Å²) < 4.78 is 0. The molecule has 1 aromatic heterocycles. The van der Waals surface area contributed by atoms with Gasteiger partial charge in [0, 0.05) is 12.3 Å². The van der Waals surface area contributed by atoms with Crippen LogP contribution < -0.4 is 5.32 Å². The first-order valence-electron chi connectivity index (χ1n) is 8.26. The highest BCUT2D eigenvalue weighted by atomic mass is 32.2. The minimum absolute atomic E-state index is 0.0478. The van der Waals surface area contributed by atoms with Crippen molar-refractivity contribution in [2.45, 2.75) is 18.5 Å². The molecule has 0 radical (unpaired) electrons. The molecular weight excluding hydrogens is 330 g/mol. The van der Waals surface area contributed by atoms with Gasteiger partial charge in [-0.2, -0.15) is 0 Å². The van der Waals surface area contributed by atoms with E-state index in [1.165, 1.54) is 5.56 Å². The second-order valence-electron chi connectivity index (χ2n) is 5.83. The van der Waals surface area contributed by atoms with Crippen molar-refractivity contribution >= 4 is 17.7 Å². The molecule has 128 valence electrons. The monoisotopic (exact) mass is 351 g/mol. The third-order valence-corrected chi connectivity index (χ3v) is 4.67. The van der Waals surface area contributed by atoms with Crippen LogP contribution in [0.4, 0.5) is 0 Å². The first-order chi connectivity index (χ1) is 12.2. The number of H-pyrrole nitrogens is 1. The standard InChI is InChI=1S/C20H21N3OS/c1-15-7-9-17(10-8-15)18-14-22-20(23-18)25-12-11-21-19(24)13-16-5-3-2-4-6-16/h2-10,14H,11-13H2,1H3,(H,21,24)(H,22,23). The van der Waals surface area contributed by atoms with Crippen molar-refractivity contribution in [1.29, 1.82) is 0 Å². The fourth-order valence-corrected chi connectivity index (χ4v) is 3.14. The molecule has 25 heavy (non-hydrogen) atoms. The van der Waals surface area contributed by atoms with Crippen LogP contribution in [-0.2, 0) is 11.2 Å². The van der Waals surface area contributed by atoms with E-state index in [2.05, 4.69) is 46.5 Å². The Morgan fingerprint density at radius 1 is 1.12 bits per heavy atom. The number of hydrogen-bond acceptors (Lipinski definition) is 3. The van der Waals surface area contributed by atoms with E-state index in [0.29, 0.717) is 13.0 Å². The molecule has 0 saturated carbocycles. The predicted molar refractivity (Wildman–Crippen MR) is 103 cm³/mol. The average molecular weight is 351 g/mol. The summed E-state index contributed by atoms with van der Waals surface area (Å²) >= 11 is 1.61. The lowest BCUT2D eigenvalue weighted by Crippen LogP contribution is -2.27. The van der Waals surface area contributed by atoms with Gasteiger partial charge in [0.25, 0.3) is 0 Å². The number of benzene rings is 2. The number of carbonyl (C=O) groups excluding carboxylic acids is 1. The Morgan fingerprint density at radius 2 is 1.88 bits per heavy atom. The van der Waals surface area contributed by atoms with E-state index < -0.39 is 0 Å². The Kier molecular flexibility index (Phi) is 5.90. The van der Waals surface area contributed by atoms with Crippen LogP contribution in [0.15, 0.2) is 66.0 Å². The van der Waals surface area contributed by atoms with E-state index >= 15 is 0 Å². The Labute approximate surface area is 152 Å². The van der Waals surface area contributed by atoms with Crippen LogP contribution in [0.3, 0.4) is 0 Å². The van der Waals surface area contributed by atoms with E-state index in [0.717, 1.165) is 27.7 Å². The lowest BCUT2D eigenvalue weighted by atomic mass is 10.1. The first-order valence-corrected chi connectivity index (χ1v) is 9.25. The number of nitrogens with one attached hydrogen (secondary N) is 2. The molecule has 0 spiro atoms. The molecule has 3 rings (SSSR count). The molecule has 1 heterocycles. The van der Waals surface area contributed by atoms with E-state index in [-0.39, 0.29) is 5.91 Å². The number of amides is 1. The van der Waals surface area contributed by atoms with Gasteiger partial charge in [-0.05, 0) is 18.1 Å². The number of aromatic nitrogens is 2. The Bertz CT molecular complexity index is 812. The topological polar surface area (TPSA) is 57.8 Å². The smallest absolute Gasteiger partial charge is 0.224 e. The van der Waals surface area contributed by atoms with Gasteiger partial charge in [0.2, 0.25) is 5.91 Å². The SMILES string of the molecule is Cc1ccc(-c2cnc(SCCNC(=O)Cc3ccccc3)[nH]2)cc1. The van der Waals surface area contributed by atoms with E-state index in [1.54, 1.807) is 11.8 Å². The van der Waals surface area contributed by atoms with Crippen LogP contribution in [0.1, 0.15) is 11.1 Å². The van der Waals surface area contributed by atoms with Gasteiger partial charge < -0.3 is 10.3 Å². The fourth-order valence-electron chi connectivity index (χ4n) is 2.44. The van der Waals surface area contributed by atoms with Gasteiger partial charge in [-0.25, -0.2) is 4.98 Å². The number of hydrogen-bond donors (Lipinski definition) is 2. The number of thioether (sulfide) groups is 1. The maximum Gasteiger partial charge on any atom is 0.224 e. The van der Waals surface area contributed by atoms with Gasteiger partial charge in [0.15, 0.2) is 5.16 Å². The van der Waals surface area contributed by atoms with Crippen LogP contribution in [0.5, 0.6) is 0 Å². The molecule has 1 amide bonds. The van der Waals surface area contributed by atoms with Crippen LogP contribution in [-0.4, -0.2) is 28.2 Å². The van der Waals surface area contributed by atoms with Crippen molar-refractivity contribution in [3.63, 3.8) is 0 Å². The predicted octanol–water partition coefficient (Wildman–Crippen LogP) is 3.84. The molecule has 3 aromatic rings. The molecule has 0 aliphatic rings. The van der Waals surface area contributed by atoms with Gasteiger partial charge in [0.1, 0.15) is 0 Å². The molecule has 0 saturated heterocycles. The van der Waals surface area contributed by atoms with Gasteiger partial charge in [-0.15, -0.1) is 0 Å². The minimum Gasteiger partial charge on any atom is -0.355 e. The zero-order valence-corrected chi connectivity index (χ0v) is 15.0. The average Bonchev–Trinajstić information content (AvgIpc) is 3.09. The highest BCUT2D eigenvalue weighted by molar-refractivity contribution is 7.99. The molecule has 0 unspecified atom stereocenters. The van der Waals surface area contributed by atoms with Crippen LogP contribution >= 0.6 is 11.8 Å². The van der Waals surface area contributed by atoms with Crippen molar-refractivity contribution in [2.24, 2.45) is 0 Å². The van der Waals surface area contributed by atoms with Gasteiger partial charge in [0.05, 0.1) is 18.3 Å². The third kappa shape index (κ3) is 5.22. The van der Waals surface area contributed by atoms with Crippen LogP contribution in [0.25, 0.3) is 11.3 Å². The highest BCUT2D eigenvalue weighted by Crippen LogP contribution is 2.21. The Hall–Kier alpha value is -2.53.